The molecule has 0 saturated heterocycles. The number of benzene rings is 1. The molecule has 1 atom stereocenters. The van der Waals surface area contributed by atoms with Gasteiger partial charge >= 0.3 is 11.9 Å². The molecule has 12 heteroatoms. The van der Waals surface area contributed by atoms with E-state index in [4.69, 9.17) is 20.7 Å². The topological polar surface area (TPSA) is 191 Å². The summed E-state index contributed by atoms with van der Waals surface area (Å²) in [6.07, 6.45) is 0.563. The molecule has 3 aromatic rings. The standard InChI is InChI=1S/C23H22N4O8/c1-12-18(20(31)21(24)32)19-15(27(12)10-13-5-3-2-4-6-13)7-8-25-22(19)35-11-16(28)26-14(23(33)34)9-17(29)30/h2-8,14H,9-11H2,1H3,(H2,24,32)(H,26,28)(H,29,30)(H,33,34). The quantitative estimate of drug-likeness (QED) is 0.222. The summed E-state index contributed by atoms with van der Waals surface area (Å²) in [5.74, 6) is -6.15. The zero-order valence-corrected chi connectivity index (χ0v) is 18.6. The lowest BCUT2D eigenvalue weighted by Crippen LogP contribution is -2.44. The number of fused-ring (bicyclic) bond motifs is 1. The molecule has 12 nitrogen and oxygen atoms in total. The van der Waals surface area contributed by atoms with Crippen LogP contribution in [0.5, 0.6) is 5.88 Å². The van der Waals surface area contributed by atoms with Gasteiger partial charge in [-0.25, -0.2) is 9.78 Å². The van der Waals surface area contributed by atoms with Crippen molar-refractivity contribution in [1.29, 1.82) is 0 Å². The van der Waals surface area contributed by atoms with Crippen LogP contribution in [0.4, 0.5) is 0 Å². The minimum absolute atomic E-state index is 0.0266. The predicted molar refractivity (Wildman–Crippen MR) is 121 cm³/mol. The second-order valence-electron chi connectivity index (χ2n) is 7.58. The summed E-state index contributed by atoms with van der Waals surface area (Å²) in [4.78, 5) is 62.7. The first kappa shape index (κ1) is 24.9. The Kier molecular flexibility index (Phi) is 7.44. The van der Waals surface area contributed by atoms with E-state index in [1.807, 2.05) is 30.3 Å². The molecule has 0 saturated carbocycles. The number of aromatic nitrogens is 2. The molecule has 2 heterocycles. The van der Waals surface area contributed by atoms with Gasteiger partial charge in [-0.3, -0.25) is 19.2 Å². The highest BCUT2D eigenvalue weighted by atomic mass is 16.5. The first-order chi connectivity index (χ1) is 16.6. The van der Waals surface area contributed by atoms with Crippen LogP contribution >= 0.6 is 0 Å². The lowest BCUT2D eigenvalue weighted by atomic mass is 10.1. The summed E-state index contributed by atoms with van der Waals surface area (Å²) in [7, 11) is 0. The number of nitrogens with zero attached hydrogens (tertiary/aromatic N) is 2. The van der Waals surface area contributed by atoms with Gasteiger partial charge < -0.3 is 30.6 Å². The van der Waals surface area contributed by atoms with Crippen LogP contribution in [0.2, 0.25) is 0 Å². The Balaban J connectivity index is 1.97. The maximum atomic E-state index is 12.7. The van der Waals surface area contributed by atoms with Crippen molar-refractivity contribution in [3.63, 3.8) is 0 Å². The summed E-state index contributed by atoms with van der Waals surface area (Å²) in [5.41, 5.74) is 7.08. The summed E-state index contributed by atoms with van der Waals surface area (Å²) < 4.78 is 7.26. The molecular weight excluding hydrogens is 460 g/mol. The number of carboxylic acid groups (broad SMARTS) is 2. The molecule has 5 N–H and O–H groups in total. The van der Waals surface area contributed by atoms with E-state index in [2.05, 4.69) is 10.3 Å². The van der Waals surface area contributed by atoms with Crippen LogP contribution in [0.3, 0.4) is 0 Å². The summed E-state index contributed by atoms with van der Waals surface area (Å²) in [5, 5.41) is 20.1. The Labute approximate surface area is 198 Å². The normalized spacial score (nSPS) is 11.6. The lowest BCUT2D eigenvalue weighted by Gasteiger charge is -2.13. The fraction of sp³-hybridized carbons (Fsp3) is 0.217. The number of rotatable bonds is 11. The molecule has 35 heavy (non-hydrogen) atoms. The number of primary amides is 1. The lowest BCUT2D eigenvalue weighted by molar-refractivity contribution is -0.147. The molecule has 2 amide bonds. The number of Topliss-reactive ketones (excluding diaryl/α,β-unsaturated/α-hetero) is 1. The number of amides is 2. The van der Waals surface area contributed by atoms with Gasteiger partial charge in [-0.1, -0.05) is 30.3 Å². The Morgan fingerprint density at radius 2 is 1.80 bits per heavy atom. The fourth-order valence-corrected chi connectivity index (χ4v) is 3.61. The number of hydrogen-bond acceptors (Lipinski definition) is 7. The van der Waals surface area contributed by atoms with Gasteiger partial charge in [0.15, 0.2) is 6.61 Å². The van der Waals surface area contributed by atoms with Crippen molar-refractivity contribution < 1.29 is 38.9 Å². The second kappa shape index (κ2) is 10.5. The molecule has 0 aliphatic carbocycles. The van der Waals surface area contributed by atoms with E-state index in [0.29, 0.717) is 17.8 Å². The Morgan fingerprint density at radius 1 is 1.11 bits per heavy atom. The van der Waals surface area contributed by atoms with Crippen LogP contribution in [0.25, 0.3) is 10.9 Å². The molecule has 0 spiro atoms. The van der Waals surface area contributed by atoms with Gasteiger partial charge in [-0.2, -0.15) is 0 Å². The maximum Gasteiger partial charge on any atom is 0.326 e. The maximum absolute atomic E-state index is 12.7. The number of carbonyl (C=O) groups excluding carboxylic acids is 3. The summed E-state index contributed by atoms with van der Waals surface area (Å²) in [6.45, 7) is 1.27. The molecule has 1 aromatic carbocycles. The third kappa shape index (κ3) is 5.61. The van der Waals surface area contributed by atoms with Crippen molar-refractivity contribution in [1.82, 2.24) is 14.9 Å². The summed E-state index contributed by atoms with van der Waals surface area (Å²) in [6, 6.07) is 9.31. The number of ether oxygens (including phenoxy) is 1. The highest BCUT2D eigenvalue weighted by molar-refractivity contribution is 6.45. The number of ketones is 1. The molecule has 0 aliphatic rings. The zero-order valence-electron chi connectivity index (χ0n) is 18.6. The number of nitrogens with two attached hydrogens (primary N) is 1. The van der Waals surface area contributed by atoms with Crippen LogP contribution in [0.1, 0.15) is 28.0 Å². The SMILES string of the molecule is Cc1c(C(=O)C(N)=O)c2c(OCC(=O)NC(CC(=O)O)C(=O)O)nccc2n1Cc1ccccc1. The van der Waals surface area contributed by atoms with Crippen molar-refractivity contribution in [2.24, 2.45) is 5.73 Å². The van der Waals surface area contributed by atoms with Crippen LogP contribution < -0.4 is 15.8 Å². The molecule has 182 valence electrons. The molecule has 2 aromatic heterocycles. The molecule has 1 unspecified atom stereocenters. The number of hydrogen-bond donors (Lipinski definition) is 4. The van der Waals surface area contributed by atoms with Gasteiger partial charge in [0.1, 0.15) is 6.04 Å². The number of pyridine rings is 1. The van der Waals surface area contributed by atoms with Crippen LogP contribution in [-0.4, -0.2) is 61.9 Å². The largest absolute Gasteiger partial charge is 0.481 e. The van der Waals surface area contributed by atoms with Gasteiger partial charge in [-0.05, 0) is 18.6 Å². The van der Waals surface area contributed by atoms with Gasteiger partial charge in [0, 0.05) is 18.4 Å². The third-order valence-corrected chi connectivity index (χ3v) is 5.19. The molecule has 0 radical (unpaired) electrons. The minimum Gasteiger partial charge on any atom is -0.481 e. The zero-order chi connectivity index (χ0) is 25.7. The van der Waals surface area contributed by atoms with E-state index < -0.39 is 48.6 Å². The highest BCUT2D eigenvalue weighted by Gasteiger charge is 2.28. The van der Waals surface area contributed by atoms with E-state index in [1.165, 1.54) is 6.20 Å². The first-order valence-corrected chi connectivity index (χ1v) is 10.3. The van der Waals surface area contributed by atoms with Crippen LogP contribution in [-0.2, 0) is 25.7 Å². The molecule has 0 fully saturated rings. The smallest absolute Gasteiger partial charge is 0.326 e. The van der Waals surface area contributed by atoms with Gasteiger partial charge in [0.25, 0.3) is 17.6 Å². The number of carboxylic acids is 2. The van der Waals surface area contributed by atoms with E-state index in [9.17, 15) is 24.0 Å². The first-order valence-electron chi connectivity index (χ1n) is 10.3. The third-order valence-electron chi connectivity index (χ3n) is 5.19. The van der Waals surface area contributed by atoms with Gasteiger partial charge in [-0.15, -0.1) is 0 Å². The van der Waals surface area contributed by atoms with E-state index in [1.54, 1.807) is 17.6 Å². The van der Waals surface area contributed by atoms with Crippen molar-refractivity contribution in [3.8, 4) is 5.88 Å². The fourth-order valence-electron chi connectivity index (χ4n) is 3.61. The van der Waals surface area contributed by atoms with Gasteiger partial charge in [0.05, 0.1) is 22.9 Å². The van der Waals surface area contributed by atoms with Crippen molar-refractivity contribution in [3.05, 3.63) is 59.4 Å². The highest BCUT2D eigenvalue weighted by Crippen LogP contribution is 2.33. The van der Waals surface area contributed by atoms with Crippen molar-refractivity contribution in [2.75, 3.05) is 6.61 Å². The summed E-state index contributed by atoms with van der Waals surface area (Å²) >= 11 is 0. The second-order valence-corrected chi connectivity index (χ2v) is 7.58. The molecule has 3 rings (SSSR count). The van der Waals surface area contributed by atoms with Gasteiger partial charge in [0.2, 0.25) is 5.88 Å². The number of carbonyl (C=O) groups is 5. The van der Waals surface area contributed by atoms with Crippen LogP contribution in [0.15, 0.2) is 42.6 Å². The van der Waals surface area contributed by atoms with Crippen molar-refractivity contribution >= 4 is 40.4 Å². The van der Waals surface area contributed by atoms with Crippen molar-refractivity contribution in [2.45, 2.75) is 25.9 Å². The van der Waals surface area contributed by atoms with E-state index in [0.717, 1.165) is 5.56 Å². The number of aliphatic carboxylic acids is 2. The molecular formula is C23H22N4O8. The Morgan fingerprint density at radius 3 is 2.40 bits per heavy atom. The molecule has 0 aliphatic heterocycles. The molecule has 0 bridgehead atoms. The van der Waals surface area contributed by atoms with E-state index >= 15 is 0 Å². The van der Waals surface area contributed by atoms with E-state index in [-0.39, 0.29) is 16.8 Å². The monoisotopic (exact) mass is 482 g/mol. The van der Waals surface area contributed by atoms with Crippen LogP contribution in [0, 0.1) is 6.92 Å². The minimum atomic E-state index is -1.66. The average molecular weight is 482 g/mol. The Bertz CT molecular complexity index is 1320. The number of nitrogens with one attached hydrogen (secondary N) is 1. The average Bonchev–Trinajstić information content (AvgIpc) is 3.08. The Hall–Kier alpha value is -4.74. The predicted octanol–water partition coefficient (Wildman–Crippen LogP) is 0.484.